The van der Waals surface area contributed by atoms with E-state index in [-0.39, 0.29) is 29.9 Å². The third kappa shape index (κ3) is 6.17. The molecule has 1 aliphatic rings. The average Bonchev–Trinajstić information content (AvgIpc) is 2.72. The molecule has 9 nitrogen and oxygen atoms in total. The molecule has 1 amide bonds. The number of carbonyl (C=O) groups is 1. The van der Waals surface area contributed by atoms with Gasteiger partial charge in [-0.25, -0.2) is 15.0 Å². The summed E-state index contributed by atoms with van der Waals surface area (Å²) < 4.78 is 5.27. The van der Waals surface area contributed by atoms with Gasteiger partial charge in [-0.1, -0.05) is 6.07 Å². The minimum Gasteiger partial charge on any atom is -0.495 e. The van der Waals surface area contributed by atoms with Crippen molar-refractivity contribution in [2.24, 2.45) is 10.7 Å². The number of halogens is 1. The fourth-order valence-corrected chi connectivity index (χ4v) is 3.00. The minimum absolute atomic E-state index is 0. The van der Waals surface area contributed by atoms with Crippen LogP contribution in [0.3, 0.4) is 0 Å². The number of amides is 1. The van der Waals surface area contributed by atoms with E-state index in [0.29, 0.717) is 23.9 Å². The van der Waals surface area contributed by atoms with Crippen molar-refractivity contribution in [1.29, 1.82) is 0 Å². The van der Waals surface area contributed by atoms with E-state index < -0.39 is 0 Å². The highest BCUT2D eigenvalue weighted by atomic mass is 127. The van der Waals surface area contributed by atoms with Gasteiger partial charge in [-0.3, -0.25) is 4.79 Å². The van der Waals surface area contributed by atoms with Crippen molar-refractivity contribution in [3.8, 4) is 5.75 Å². The Balaban J connectivity index is 0.00000300. The van der Waals surface area contributed by atoms with Gasteiger partial charge in [0.2, 0.25) is 11.9 Å². The number of carbonyl (C=O) groups excluding carboxylic acids is 1. The first-order valence-electron chi connectivity index (χ1n) is 9.08. The van der Waals surface area contributed by atoms with Crippen LogP contribution in [0.15, 0.2) is 41.7 Å². The van der Waals surface area contributed by atoms with Crippen molar-refractivity contribution in [3.05, 3.63) is 42.2 Å². The number of guanidine groups is 1. The maximum Gasteiger partial charge on any atom is 0.225 e. The summed E-state index contributed by atoms with van der Waals surface area (Å²) in [6.07, 6.45) is 3.49. The Morgan fingerprint density at radius 3 is 2.55 bits per heavy atom. The first-order valence-corrected chi connectivity index (χ1v) is 9.08. The van der Waals surface area contributed by atoms with Crippen LogP contribution in [0.2, 0.25) is 0 Å². The molecule has 0 saturated carbocycles. The molecule has 29 heavy (non-hydrogen) atoms. The highest BCUT2D eigenvalue weighted by Crippen LogP contribution is 2.25. The summed E-state index contributed by atoms with van der Waals surface area (Å²) in [5.74, 6) is 1.70. The SMILES string of the molecule is COc1ccc(CN=C(N)N2CCN(c3ncccn3)CC2)cc1NC(C)=O.I. The Hall–Kier alpha value is -2.63. The quantitative estimate of drug-likeness (QED) is 0.358. The number of nitrogens with zero attached hydrogens (tertiary/aromatic N) is 5. The lowest BCUT2D eigenvalue weighted by atomic mass is 10.2. The number of piperazine rings is 1. The fraction of sp³-hybridized carbons (Fsp3) is 0.368. The molecule has 0 atom stereocenters. The van der Waals surface area contributed by atoms with Gasteiger partial charge in [-0.2, -0.15) is 0 Å². The molecule has 10 heteroatoms. The molecule has 1 fully saturated rings. The van der Waals surface area contributed by atoms with Crippen molar-refractivity contribution < 1.29 is 9.53 Å². The molecule has 0 bridgehead atoms. The Morgan fingerprint density at radius 2 is 1.93 bits per heavy atom. The minimum atomic E-state index is -0.154. The van der Waals surface area contributed by atoms with Gasteiger partial charge in [0.25, 0.3) is 0 Å². The summed E-state index contributed by atoms with van der Waals surface area (Å²) >= 11 is 0. The zero-order valence-electron chi connectivity index (χ0n) is 16.5. The molecule has 2 heterocycles. The summed E-state index contributed by atoms with van der Waals surface area (Å²) in [5, 5.41) is 2.76. The summed E-state index contributed by atoms with van der Waals surface area (Å²) in [4.78, 5) is 28.6. The molecular formula is C19H26IN7O2. The number of nitrogens with two attached hydrogens (primary N) is 1. The van der Waals surface area contributed by atoms with E-state index in [1.54, 1.807) is 25.6 Å². The Kier molecular flexibility index (Phi) is 8.43. The van der Waals surface area contributed by atoms with Gasteiger partial charge in [-0.05, 0) is 23.8 Å². The predicted molar refractivity (Wildman–Crippen MR) is 124 cm³/mol. The molecule has 0 spiro atoms. The van der Waals surface area contributed by atoms with Gasteiger partial charge >= 0.3 is 0 Å². The molecule has 3 rings (SSSR count). The molecular weight excluding hydrogens is 485 g/mol. The van der Waals surface area contributed by atoms with Crippen LogP contribution in [0, 0.1) is 0 Å². The van der Waals surface area contributed by atoms with Gasteiger partial charge in [-0.15, -0.1) is 24.0 Å². The van der Waals surface area contributed by atoms with Crippen molar-refractivity contribution in [3.63, 3.8) is 0 Å². The largest absolute Gasteiger partial charge is 0.495 e. The Morgan fingerprint density at radius 1 is 1.24 bits per heavy atom. The maximum absolute atomic E-state index is 11.4. The predicted octanol–water partition coefficient (Wildman–Crippen LogP) is 1.70. The lowest BCUT2D eigenvalue weighted by Gasteiger charge is -2.35. The highest BCUT2D eigenvalue weighted by molar-refractivity contribution is 14.0. The number of hydrogen-bond donors (Lipinski definition) is 2. The molecule has 0 unspecified atom stereocenters. The number of aromatic nitrogens is 2. The van der Waals surface area contributed by atoms with Crippen molar-refractivity contribution in [1.82, 2.24) is 14.9 Å². The third-order valence-corrected chi connectivity index (χ3v) is 4.44. The molecule has 156 valence electrons. The van der Waals surface area contributed by atoms with E-state index in [2.05, 4.69) is 30.1 Å². The summed E-state index contributed by atoms with van der Waals surface area (Å²) in [6, 6.07) is 7.37. The average molecular weight is 511 g/mol. The van der Waals surface area contributed by atoms with Gasteiger partial charge < -0.3 is 25.6 Å². The monoisotopic (exact) mass is 511 g/mol. The normalized spacial score (nSPS) is 14.2. The van der Waals surface area contributed by atoms with Crippen LogP contribution in [0.5, 0.6) is 5.75 Å². The van der Waals surface area contributed by atoms with Crippen LogP contribution < -0.4 is 20.7 Å². The lowest BCUT2D eigenvalue weighted by molar-refractivity contribution is -0.114. The fourth-order valence-electron chi connectivity index (χ4n) is 3.00. The number of aliphatic imine (C=N–C) groups is 1. The Bertz CT molecular complexity index is 840. The molecule has 0 radical (unpaired) electrons. The van der Waals surface area contributed by atoms with Crippen LogP contribution in [0.1, 0.15) is 12.5 Å². The van der Waals surface area contributed by atoms with Gasteiger partial charge in [0.15, 0.2) is 5.96 Å². The van der Waals surface area contributed by atoms with Crippen molar-refractivity contribution in [2.45, 2.75) is 13.5 Å². The zero-order chi connectivity index (χ0) is 19.9. The van der Waals surface area contributed by atoms with E-state index >= 15 is 0 Å². The lowest BCUT2D eigenvalue weighted by Crippen LogP contribution is -2.51. The number of benzene rings is 1. The van der Waals surface area contributed by atoms with Crippen molar-refractivity contribution in [2.75, 3.05) is 43.5 Å². The maximum atomic E-state index is 11.4. The Labute approximate surface area is 187 Å². The molecule has 0 aliphatic carbocycles. The summed E-state index contributed by atoms with van der Waals surface area (Å²) in [6.45, 7) is 4.97. The summed E-state index contributed by atoms with van der Waals surface area (Å²) in [7, 11) is 1.57. The number of ether oxygens (including phenoxy) is 1. The topological polar surface area (TPSA) is 109 Å². The molecule has 2 aromatic rings. The molecule has 3 N–H and O–H groups in total. The second kappa shape index (κ2) is 10.8. The van der Waals surface area contributed by atoms with E-state index in [0.717, 1.165) is 37.7 Å². The van der Waals surface area contributed by atoms with E-state index in [4.69, 9.17) is 10.5 Å². The molecule has 1 aromatic heterocycles. The van der Waals surface area contributed by atoms with Gasteiger partial charge in [0.1, 0.15) is 5.75 Å². The van der Waals surface area contributed by atoms with Gasteiger partial charge in [0, 0.05) is 45.5 Å². The number of nitrogens with one attached hydrogen (secondary N) is 1. The van der Waals surface area contributed by atoms with Crippen LogP contribution in [0.4, 0.5) is 11.6 Å². The first kappa shape index (κ1) is 22.7. The van der Waals surface area contributed by atoms with Crippen molar-refractivity contribution >= 4 is 47.5 Å². The van der Waals surface area contributed by atoms with Gasteiger partial charge in [0.05, 0.1) is 19.3 Å². The second-order valence-electron chi connectivity index (χ2n) is 6.41. The van der Waals surface area contributed by atoms with Crippen LogP contribution in [0.25, 0.3) is 0 Å². The third-order valence-electron chi connectivity index (χ3n) is 4.44. The number of hydrogen-bond acceptors (Lipinski definition) is 6. The second-order valence-corrected chi connectivity index (χ2v) is 6.41. The van der Waals surface area contributed by atoms with Crippen LogP contribution in [-0.4, -0.2) is 60.0 Å². The van der Waals surface area contributed by atoms with Crippen LogP contribution >= 0.6 is 24.0 Å². The van der Waals surface area contributed by atoms with E-state index in [1.165, 1.54) is 6.92 Å². The molecule has 1 aromatic carbocycles. The number of methoxy groups -OCH3 is 1. The molecule has 1 aliphatic heterocycles. The molecule has 1 saturated heterocycles. The standard InChI is InChI=1S/C19H25N7O2.HI/c1-14(27)24-16-12-15(4-5-17(16)28-2)13-23-18(20)25-8-10-26(11-9-25)19-21-6-3-7-22-19;/h3-7,12H,8-11,13H2,1-2H3,(H2,20,23)(H,24,27);1H. The van der Waals surface area contributed by atoms with E-state index in [9.17, 15) is 4.79 Å². The summed E-state index contributed by atoms with van der Waals surface area (Å²) in [5.41, 5.74) is 7.74. The van der Waals surface area contributed by atoms with E-state index in [1.807, 2.05) is 18.2 Å². The zero-order valence-corrected chi connectivity index (χ0v) is 18.9. The van der Waals surface area contributed by atoms with Crippen LogP contribution in [-0.2, 0) is 11.3 Å². The smallest absolute Gasteiger partial charge is 0.225 e. The number of anilines is 2. The number of rotatable bonds is 5. The highest BCUT2D eigenvalue weighted by Gasteiger charge is 2.19. The first-order chi connectivity index (χ1) is 13.6.